The van der Waals surface area contributed by atoms with Crippen LogP contribution in [0.15, 0.2) is 51.5 Å². The van der Waals surface area contributed by atoms with Crippen LogP contribution in [0.2, 0.25) is 0 Å². The summed E-state index contributed by atoms with van der Waals surface area (Å²) in [5.74, 6) is -0.807. The molecular formula is C16H10BrF2NO2. The van der Waals surface area contributed by atoms with Gasteiger partial charge in [-0.3, -0.25) is 0 Å². The molecule has 1 heterocycles. The van der Waals surface area contributed by atoms with Gasteiger partial charge in [0.05, 0.1) is 17.7 Å². The van der Waals surface area contributed by atoms with Gasteiger partial charge in [0, 0.05) is 10.0 Å². The van der Waals surface area contributed by atoms with E-state index in [9.17, 15) is 13.9 Å². The summed E-state index contributed by atoms with van der Waals surface area (Å²) < 4.78 is 33.2. The summed E-state index contributed by atoms with van der Waals surface area (Å²) in [6, 6.07) is 10.2. The average molecular weight is 366 g/mol. The Morgan fingerprint density at radius 1 is 1.14 bits per heavy atom. The molecular weight excluding hydrogens is 356 g/mol. The van der Waals surface area contributed by atoms with E-state index < -0.39 is 18.2 Å². The second kappa shape index (κ2) is 5.98. The third-order valence-corrected chi connectivity index (χ3v) is 3.71. The van der Waals surface area contributed by atoms with Crippen molar-refractivity contribution >= 4 is 15.9 Å². The largest absolute Gasteiger partial charge is 0.391 e. The van der Waals surface area contributed by atoms with E-state index in [1.54, 1.807) is 12.1 Å². The van der Waals surface area contributed by atoms with E-state index in [2.05, 4.69) is 21.1 Å². The van der Waals surface area contributed by atoms with Gasteiger partial charge < -0.3 is 9.63 Å². The van der Waals surface area contributed by atoms with Gasteiger partial charge in [-0.05, 0) is 30.3 Å². The van der Waals surface area contributed by atoms with Gasteiger partial charge in [0.1, 0.15) is 17.3 Å². The first-order valence-corrected chi connectivity index (χ1v) is 7.20. The lowest BCUT2D eigenvalue weighted by molar-refractivity contribution is 0.281. The Morgan fingerprint density at radius 2 is 1.95 bits per heavy atom. The van der Waals surface area contributed by atoms with Gasteiger partial charge in [-0.15, -0.1) is 0 Å². The third-order valence-electron chi connectivity index (χ3n) is 3.22. The zero-order chi connectivity index (χ0) is 15.7. The number of hydrogen-bond donors (Lipinski definition) is 1. The van der Waals surface area contributed by atoms with Crippen LogP contribution in [0.4, 0.5) is 8.78 Å². The van der Waals surface area contributed by atoms with Crippen molar-refractivity contribution in [3.63, 3.8) is 0 Å². The number of aromatic nitrogens is 1. The lowest BCUT2D eigenvalue weighted by atomic mass is 10.0. The minimum atomic E-state index is -0.508. The topological polar surface area (TPSA) is 46.3 Å². The Kier molecular flexibility index (Phi) is 4.04. The van der Waals surface area contributed by atoms with Crippen LogP contribution in [0.25, 0.3) is 22.6 Å². The maximum absolute atomic E-state index is 14.1. The van der Waals surface area contributed by atoms with Crippen molar-refractivity contribution in [1.29, 1.82) is 0 Å². The van der Waals surface area contributed by atoms with Crippen molar-refractivity contribution in [2.75, 3.05) is 0 Å². The molecule has 0 unspecified atom stereocenters. The van der Waals surface area contributed by atoms with Crippen LogP contribution >= 0.6 is 15.9 Å². The fraction of sp³-hybridized carbons (Fsp3) is 0.0625. The van der Waals surface area contributed by atoms with Crippen molar-refractivity contribution in [2.45, 2.75) is 6.61 Å². The molecule has 2 aromatic carbocycles. The first-order chi connectivity index (χ1) is 10.6. The number of nitrogens with zero attached hydrogens (tertiary/aromatic N) is 1. The standard InChI is InChI=1S/C16H10BrF2NO2/c17-10-4-5-12(14(19)7-10)16-13(8-21)15(20-22-16)9-2-1-3-11(18)6-9/h1-7,21H,8H2. The molecule has 0 aliphatic carbocycles. The summed E-state index contributed by atoms with van der Waals surface area (Å²) >= 11 is 3.18. The molecule has 0 radical (unpaired) electrons. The van der Waals surface area contributed by atoms with Gasteiger partial charge in [-0.2, -0.15) is 0 Å². The minimum Gasteiger partial charge on any atom is -0.391 e. The molecule has 3 rings (SSSR count). The van der Waals surface area contributed by atoms with Crippen molar-refractivity contribution in [2.24, 2.45) is 0 Å². The summed E-state index contributed by atoms with van der Waals surface area (Å²) in [5, 5.41) is 13.5. The van der Waals surface area contributed by atoms with E-state index in [0.717, 1.165) is 0 Å². The van der Waals surface area contributed by atoms with E-state index >= 15 is 0 Å². The summed E-state index contributed by atoms with van der Waals surface area (Å²) in [7, 11) is 0. The van der Waals surface area contributed by atoms with E-state index in [-0.39, 0.29) is 11.3 Å². The lowest BCUT2D eigenvalue weighted by Gasteiger charge is -2.03. The van der Waals surface area contributed by atoms with Crippen LogP contribution in [0.3, 0.4) is 0 Å². The van der Waals surface area contributed by atoms with Crippen LogP contribution in [0, 0.1) is 11.6 Å². The Bertz CT molecular complexity index is 833. The average Bonchev–Trinajstić information content (AvgIpc) is 2.91. The smallest absolute Gasteiger partial charge is 0.175 e. The molecule has 1 N–H and O–H groups in total. The van der Waals surface area contributed by atoms with Crippen LogP contribution in [0.5, 0.6) is 0 Å². The Hall–Kier alpha value is -2.05. The van der Waals surface area contributed by atoms with Crippen molar-refractivity contribution in [1.82, 2.24) is 5.16 Å². The number of aliphatic hydroxyl groups is 1. The second-order valence-electron chi connectivity index (χ2n) is 4.63. The van der Waals surface area contributed by atoms with Gasteiger partial charge >= 0.3 is 0 Å². The highest BCUT2D eigenvalue weighted by atomic mass is 79.9. The van der Waals surface area contributed by atoms with E-state index in [4.69, 9.17) is 4.52 Å². The molecule has 0 atom stereocenters. The minimum absolute atomic E-state index is 0.131. The summed E-state index contributed by atoms with van der Waals surface area (Å²) in [4.78, 5) is 0. The van der Waals surface area contributed by atoms with Gasteiger partial charge in [0.25, 0.3) is 0 Å². The predicted octanol–water partition coefficient (Wildman–Crippen LogP) is 4.54. The Morgan fingerprint density at radius 3 is 2.64 bits per heavy atom. The monoisotopic (exact) mass is 365 g/mol. The number of benzene rings is 2. The molecule has 3 aromatic rings. The molecule has 3 nitrogen and oxygen atoms in total. The van der Waals surface area contributed by atoms with Gasteiger partial charge in [0.15, 0.2) is 5.76 Å². The van der Waals surface area contributed by atoms with Crippen molar-refractivity contribution < 1.29 is 18.4 Å². The zero-order valence-corrected chi connectivity index (χ0v) is 12.8. The molecule has 0 aliphatic rings. The molecule has 112 valence electrons. The van der Waals surface area contributed by atoms with Gasteiger partial charge in [0.2, 0.25) is 0 Å². The molecule has 22 heavy (non-hydrogen) atoms. The maximum atomic E-state index is 14.1. The Labute approximate surface area is 133 Å². The van der Waals surface area contributed by atoms with Crippen LogP contribution in [-0.4, -0.2) is 10.3 Å². The molecule has 0 saturated heterocycles. The summed E-state index contributed by atoms with van der Waals surface area (Å²) in [6.07, 6.45) is 0. The molecule has 0 spiro atoms. The highest BCUT2D eigenvalue weighted by Crippen LogP contribution is 2.34. The zero-order valence-electron chi connectivity index (χ0n) is 11.2. The quantitative estimate of drug-likeness (QED) is 0.740. The summed E-state index contributed by atoms with van der Waals surface area (Å²) in [5.41, 5.74) is 1.24. The Balaban J connectivity index is 2.15. The van der Waals surface area contributed by atoms with Crippen LogP contribution in [0.1, 0.15) is 5.56 Å². The fourth-order valence-electron chi connectivity index (χ4n) is 2.20. The lowest BCUT2D eigenvalue weighted by Crippen LogP contribution is -1.91. The maximum Gasteiger partial charge on any atom is 0.175 e. The third kappa shape index (κ3) is 2.67. The van der Waals surface area contributed by atoms with E-state index in [0.29, 0.717) is 21.3 Å². The summed E-state index contributed by atoms with van der Waals surface area (Å²) in [6.45, 7) is -0.403. The van der Waals surface area contributed by atoms with Crippen molar-refractivity contribution in [3.8, 4) is 22.6 Å². The number of halogens is 3. The van der Waals surface area contributed by atoms with Gasteiger partial charge in [-0.25, -0.2) is 8.78 Å². The SMILES string of the molecule is OCc1c(-c2cccc(F)c2)noc1-c1ccc(Br)cc1F. The van der Waals surface area contributed by atoms with E-state index in [1.165, 1.54) is 30.3 Å². The molecule has 0 saturated carbocycles. The van der Waals surface area contributed by atoms with Crippen LogP contribution in [-0.2, 0) is 6.61 Å². The first-order valence-electron chi connectivity index (χ1n) is 6.41. The molecule has 6 heteroatoms. The first kappa shape index (κ1) is 14.9. The number of aliphatic hydroxyl groups excluding tert-OH is 1. The number of hydrogen-bond acceptors (Lipinski definition) is 3. The van der Waals surface area contributed by atoms with E-state index in [1.807, 2.05) is 0 Å². The normalized spacial score (nSPS) is 10.9. The molecule has 0 aliphatic heterocycles. The highest BCUT2D eigenvalue weighted by Gasteiger charge is 2.21. The van der Waals surface area contributed by atoms with Crippen LogP contribution < -0.4 is 0 Å². The molecule has 0 amide bonds. The molecule has 0 bridgehead atoms. The molecule has 0 fully saturated rings. The van der Waals surface area contributed by atoms with Crippen molar-refractivity contribution in [3.05, 3.63) is 64.1 Å². The number of rotatable bonds is 3. The molecule has 1 aromatic heterocycles. The highest BCUT2D eigenvalue weighted by molar-refractivity contribution is 9.10. The predicted molar refractivity (Wildman–Crippen MR) is 80.9 cm³/mol. The van der Waals surface area contributed by atoms with Gasteiger partial charge in [-0.1, -0.05) is 33.2 Å². The second-order valence-corrected chi connectivity index (χ2v) is 5.55. The fourth-order valence-corrected chi connectivity index (χ4v) is 2.54.